The second-order valence-electron chi connectivity index (χ2n) is 4.19. The largest absolute Gasteiger partial charge is 0.492 e. The van der Waals surface area contributed by atoms with Crippen molar-refractivity contribution in [1.29, 1.82) is 0 Å². The van der Waals surface area contributed by atoms with Gasteiger partial charge in [-0.15, -0.1) is 0 Å². The summed E-state index contributed by atoms with van der Waals surface area (Å²) in [6.45, 7) is 2.44. The van der Waals surface area contributed by atoms with Gasteiger partial charge in [0, 0.05) is 5.46 Å². The zero-order valence-corrected chi connectivity index (χ0v) is 10.2. The molecule has 0 saturated heterocycles. The minimum atomic E-state index is -1.51. The first-order valence-electron chi connectivity index (χ1n) is 5.80. The number of hydrogen-bond acceptors (Lipinski definition) is 3. The molecule has 0 amide bonds. The molecule has 0 spiro atoms. The molecular formula is C14H15BO3. The van der Waals surface area contributed by atoms with Crippen molar-refractivity contribution in [1.82, 2.24) is 0 Å². The van der Waals surface area contributed by atoms with E-state index < -0.39 is 7.12 Å². The Morgan fingerprint density at radius 1 is 1.00 bits per heavy atom. The lowest BCUT2D eigenvalue weighted by molar-refractivity contribution is 0.306. The SMILES string of the molecule is Cc1ccc(COc2ccccc2B(O)O)cc1. The standard InChI is InChI=1S/C14H15BO3/c1-11-6-8-12(9-7-11)10-18-14-5-3-2-4-13(14)15(16)17/h2-9,16-17H,10H2,1H3. The monoisotopic (exact) mass is 242 g/mol. The number of ether oxygens (including phenoxy) is 1. The summed E-state index contributed by atoms with van der Waals surface area (Å²) in [6, 6.07) is 14.9. The van der Waals surface area contributed by atoms with E-state index in [-0.39, 0.29) is 0 Å². The molecule has 2 N–H and O–H groups in total. The molecule has 0 atom stereocenters. The van der Waals surface area contributed by atoms with E-state index in [2.05, 4.69) is 0 Å². The molecule has 2 aromatic carbocycles. The number of rotatable bonds is 4. The quantitative estimate of drug-likeness (QED) is 0.793. The van der Waals surface area contributed by atoms with Gasteiger partial charge in [0.1, 0.15) is 12.4 Å². The summed E-state index contributed by atoms with van der Waals surface area (Å²) in [5.41, 5.74) is 2.62. The molecular weight excluding hydrogens is 227 g/mol. The third kappa shape index (κ3) is 3.12. The Bertz CT molecular complexity index is 509. The van der Waals surface area contributed by atoms with Crippen molar-refractivity contribution in [3.8, 4) is 5.75 Å². The van der Waals surface area contributed by atoms with Gasteiger partial charge in [0.2, 0.25) is 0 Å². The van der Waals surface area contributed by atoms with Crippen LogP contribution in [0.1, 0.15) is 11.1 Å². The fourth-order valence-electron chi connectivity index (χ4n) is 1.67. The van der Waals surface area contributed by atoms with Crippen LogP contribution in [0.15, 0.2) is 48.5 Å². The van der Waals surface area contributed by atoms with E-state index >= 15 is 0 Å². The normalized spacial score (nSPS) is 10.2. The van der Waals surface area contributed by atoms with Gasteiger partial charge >= 0.3 is 7.12 Å². The van der Waals surface area contributed by atoms with Crippen molar-refractivity contribution in [2.45, 2.75) is 13.5 Å². The Balaban J connectivity index is 2.08. The number of hydrogen-bond donors (Lipinski definition) is 2. The van der Waals surface area contributed by atoms with E-state index in [9.17, 15) is 10.0 Å². The van der Waals surface area contributed by atoms with Crippen molar-refractivity contribution < 1.29 is 14.8 Å². The second kappa shape index (κ2) is 5.71. The van der Waals surface area contributed by atoms with Crippen LogP contribution in [0.3, 0.4) is 0 Å². The van der Waals surface area contributed by atoms with Crippen LogP contribution >= 0.6 is 0 Å². The van der Waals surface area contributed by atoms with Gasteiger partial charge in [-0.1, -0.05) is 48.0 Å². The van der Waals surface area contributed by atoms with Gasteiger partial charge in [-0.2, -0.15) is 0 Å². The zero-order chi connectivity index (χ0) is 13.0. The number of aryl methyl sites for hydroxylation is 1. The van der Waals surface area contributed by atoms with Gasteiger partial charge in [0.05, 0.1) is 0 Å². The molecule has 0 aliphatic rings. The van der Waals surface area contributed by atoms with Gasteiger partial charge in [-0.25, -0.2) is 0 Å². The van der Waals surface area contributed by atoms with Crippen LogP contribution in [-0.4, -0.2) is 17.2 Å². The molecule has 0 saturated carbocycles. The van der Waals surface area contributed by atoms with Crippen LogP contribution in [-0.2, 0) is 6.61 Å². The van der Waals surface area contributed by atoms with E-state index in [1.807, 2.05) is 31.2 Å². The second-order valence-corrected chi connectivity index (χ2v) is 4.19. The van der Waals surface area contributed by atoms with E-state index in [0.29, 0.717) is 17.8 Å². The molecule has 0 radical (unpaired) electrons. The zero-order valence-electron chi connectivity index (χ0n) is 10.2. The lowest BCUT2D eigenvalue weighted by atomic mass is 9.79. The average Bonchev–Trinajstić information content (AvgIpc) is 2.38. The molecule has 0 aliphatic heterocycles. The molecule has 92 valence electrons. The van der Waals surface area contributed by atoms with Crippen LogP contribution in [0.4, 0.5) is 0 Å². The highest BCUT2D eigenvalue weighted by molar-refractivity contribution is 6.59. The van der Waals surface area contributed by atoms with E-state index in [0.717, 1.165) is 5.56 Å². The Kier molecular flexibility index (Phi) is 4.02. The van der Waals surface area contributed by atoms with Crippen molar-refractivity contribution in [3.05, 3.63) is 59.7 Å². The maximum absolute atomic E-state index is 9.21. The van der Waals surface area contributed by atoms with Crippen LogP contribution in [0.25, 0.3) is 0 Å². The van der Waals surface area contributed by atoms with Gasteiger partial charge in [0.15, 0.2) is 0 Å². The minimum absolute atomic E-state index is 0.379. The van der Waals surface area contributed by atoms with Crippen molar-refractivity contribution in [3.63, 3.8) is 0 Å². The fraction of sp³-hybridized carbons (Fsp3) is 0.143. The summed E-state index contributed by atoms with van der Waals surface area (Å²) in [5, 5.41) is 18.4. The summed E-state index contributed by atoms with van der Waals surface area (Å²) in [4.78, 5) is 0. The summed E-state index contributed by atoms with van der Waals surface area (Å²) >= 11 is 0. The highest BCUT2D eigenvalue weighted by atomic mass is 16.5. The van der Waals surface area contributed by atoms with E-state index in [1.165, 1.54) is 5.56 Å². The van der Waals surface area contributed by atoms with Crippen LogP contribution in [0.5, 0.6) is 5.75 Å². The molecule has 2 rings (SSSR count). The average molecular weight is 242 g/mol. The summed E-state index contributed by atoms with van der Waals surface area (Å²) in [5.74, 6) is 0.494. The molecule has 2 aromatic rings. The summed E-state index contributed by atoms with van der Waals surface area (Å²) < 4.78 is 5.60. The predicted octanol–water partition coefficient (Wildman–Crippen LogP) is 1.25. The molecule has 18 heavy (non-hydrogen) atoms. The highest BCUT2D eigenvalue weighted by Gasteiger charge is 2.16. The third-order valence-electron chi connectivity index (χ3n) is 2.71. The molecule has 0 aliphatic carbocycles. The van der Waals surface area contributed by atoms with Gasteiger partial charge in [-0.3, -0.25) is 0 Å². The topological polar surface area (TPSA) is 49.7 Å². The van der Waals surface area contributed by atoms with Crippen molar-refractivity contribution in [2.24, 2.45) is 0 Å². The first-order chi connectivity index (χ1) is 8.66. The Hall–Kier alpha value is -1.78. The van der Waals surface area contributed by atoms with E-state index in [4.69, 9.17) is 4.74 Å². The minimum Gasteiger partial charge on any atom is -0.489 e. The molecule has 0 fully saturated rings. The van der Waals surface area contributed by atoms with Gasteiger partial charge < -0.3 is 14.8 Å². The molecule has 0 aromatic heterocycles. The Morgan fingerprint density at radius 3 is 2.33 bits per heavy atom. The Labute approximate surface area is 107 Å². The van der Waals surface area contributed by atoms with E-state index in [1.54, 1.807) is 24.3 Å². The van der Waals surface area contributed by atoms with Gasteiger partial charge in [0.25, 0.3) is 0 Å². The lowest BCUT2D eigenvalue weighted by Gasteiger charge is -2.11. The van der Waals surface area contributed by atoms with Gasteiger partial charge in [-0.05, 0) is 18.6 Å². The van der Waals surface area contributed by atoms with Crippen LogP contribution in [0, 0.1) is 6.92 Å². The molecule has 3 nitrogen and oxygen atoms in total. The van der Waals surface area contributed by atoms with Crippen molar-refractivity contribution in [2.75, 3.05) is 0 Å². The fourth-order valence-corrected chi connectivity index (χ4v) is 1.67. The summed E-state index contributed by atoms with van der Waals surface area (Å²) in [7, 11) is -1.51. The highest BCUT2D eigenvalue weighted by Crippen LogP contribution is 2.11. The number of para-hydroxylation sites is 1. The first-order valence-corrected chi connectivity index (χ1v) is 5.80. The predicted molar refractivity (Wildman–Crippen MR) is 71.8 cm³/mol. The summed E-state index contributed by atoms with van der Waals surface area (Å²) in [6.07, 6.45) is 0. The molecule has 0 heterocycles. The van der Waals surface area contributed by atoms with Crippen LogP contribution < -0.4 is 10.2 Å². The molecule has 0 bridgehead atoms. The number of benzene rings is 2. The maximum Gasteiger partial charge on any atom is 0.492 e. The lowest BCUT2D eigenvalue weighted by Crippen LogP contribution is -2.31. The first kappa shape index (κ1) is 12.7. The third-order valence-corrected chi connectivity index (χ3v) is 2.71. The molecule has 0 unspecified atom stereocenters. The molecule has 4 heteroatoms. The maximum atomic E-state index is 9.21. The van der Waals surface area contributed by atoms with Crippen molar-refractivity contribution >= 4 is 12.6 Å². The smallest absolute Gasteiger partial charge is 0.489 e. The van der Waals surface area contributed by atoms with Crippen LogP contribution in [0.2, 0.25) is 0 Å². The Morgan fingerprint density at radius 2 is 1.67 bits per heavy atom.